The van der Waals surface area contributed by atoms with E-state index in [1.807, 2.05) is 27.0 Å². The van der Waals surface area contributed by atoms with Crippen molar-refractivity contribution in [3.8, 4) is 0 Å². The quantitative estimate of drug-likeness (QED) is 0.533. The van der Waals surface area contributed by atoms with E-state index in [1.165, 1.54) is 5.57 Å². The SMILES string of the molecule is CC=C(C)CN(C)C(=O)CCCS. The van der Waals surface area contributed by atoms with Gasteiger partial charge in [-0.15, -0.1) is 0 Å². The molecule has 0 aliphatic heterocycles. The maximum absolute atomic E-state index is 11.4. The van der Waals surface area contributed by atoms with E-state index >= 15 is 0 Å². The lowest BCUT2D eigenvalue weighted by Crippen LogP contribution is -2.28. The van der Waals surface area contributed by atoms with E-state index in [0.29, 0.717) is 6.42 Å². The minimum Gasteiger partial charge on any atom is -0.342 e. The van der Waals surface area contributed by atoms with Crippen molar-refractivity contribution >= 4 is 18.5 Å². The first-order valence-corrected chi connectivity index (χ1v) is 5.21. The molecule has 0 radical (unpaired) electrons. The summed E-state index contributed by atoms with van der Waals surface area (Å²) in [5.74, 6) is 0.984. The van der Waals surface area contributed by atoms with E-state index in [0.717, 1.165) is 18.7 Å². The topological polar surface area (TPSA) is 20.3 Å². The second-order valence-electron chi connectivity index (χ2n) is 3.21. The smallest absolute Gasteiger partial charge is 0.222 e. The van der Waals surface area contributed by atoms with Crippen molar-refractivity contribution in [1.29, 1.82) is 0 Å². The van der Waals surface area contributed by atoms with Crippen molar-refractivity contribution in [3.05, 3.63) is 11.6 Å². The Kier molecular flexibility index (Phi) is 6.77. The Morgan fingerprint density at radius 1 is 1.54 bits per heavy atom. The summed E-state index contributed by atoms with van der Waals surface area (Å²) in [4.78, 5) is 13.2. The summed E-state index contributed by atoms with van der Waals surface area (Å²) in [6, 6.07) is 0. The molecule has 0 bridgehead atoms. The molecule has 0 atom stereocenters. The highest BCUT2D eigenvalue weighted by molar-refractivity contribution is 7.80. The molecule has 0 unspecified atom stereocenters. The van der Waals surface area contributed by atoms with Gasteiger partial charge in [0, 0.05) is 20.0 Å². The fraction of sp³-hybridized carbons (Fsp3) is 0.700. The van der Waals surface area contributed by atoms with Gasteiger partial charge in [-0.2, -0.15) is 12.6 Å². The summed E-state index contributed by atoms with van der Waals surface area (Å²) in [5.41, 5.74) is 1.22. The van der Waals surface area contributed by atoms with E-state index in [2.05, 4.69) is 12.6 Å². The lowest BCUT2D eigenvalue weighted by Gasteiger charge is -2.17. The molecular formula is C10H19NOS. The summed E-state index contributed by atoms with van der Waals surface area (Å²) in [6.45, 7) is 4.76. The molecule has 0 saturated heterocycles. The number of nitrogens with zero attached hydrogens (tertiary/aromatic N) is 1. The average molecular weight is 201 g/mol. The van der Waals surface area contributed by atoms with Crippen molar-refractivity contribution in [2.45, 2.75) is 26.7 Å². The zero-order valence-electron chi connectivity index (χ0n) is 8.71. The molecule has 0 heterocycles. The number of hydrogen-bond acceptors (Lipinski definition) is 2. The monoisotopic (exact) mass is 201 g/mol. The molecule has 3 heteroatoms. The van der Waals surface area contributed by atoms with Gasteiger partial charge in [0.2, 0.25) is 5.91 Å². The highest BCUT2D eigenvalue weighted by Crippen LogP contribution is 2.01. The van der Waals surface area contributed by atoms with Crippen LogP contribution in [-0.2, 0) is 4.79 Å². The van der Waals surface area contributed by atoms with Crippen LogP contribution in [0.4, 0.5) is 0 Å². The van der Waals surface area contributed by atoms with Gasteiger partial charge in [0.25, 0.3) is 0 Å². The molecule has 0 aromatic carbocycles. The summed E-state index contributed by atoms with van der Waals surface area (Å²) < 4.78 is 0. The normalized spacial score (nSPS) is 11.5. The predicted octanol–water partition coefficient (Wildman–Crippen LogP) is 2.12. The maximum Gasteiger partial charge on any atom is 0.222 e. The molecule has 0 fully saturated rings. The van der Waals surface area contributed by atoms with E-state index in [4.69, 9.17) is 0 Å². The van der Waals surface area contributed by atoms with Crippen molar-refractivity contribution < 1.29 is 4.79 Å². The van der Waals surface area contributed by atoms with Gasteiger partial charge in [-0.3, -0.25) is 4.79 Å². The molecule has 0 aromatic heterocycles. The number of hydrogen-bond donors (Lipinski definition) is 1. The van der Waals surface area contributed by atoms with Gasteiger partial charge in [0.15, 0.2) is 0 Å². The lowest BCUT2D eigenvalue weighted by atomic mass is 10.2. The molecule has 1 amide bonds. The zero-order chi connectivity index (χ0) is 10.3. The van der Waals surface area contributed by atoms with Crippen LogP contribution in [0.5, 0.6) is 0 Å². The third-order valence-electron chi connectivity index (χ3n) is 1.95. The second-order valence-corrected chi connectivity index (χ2v) is 3.66. The number of amides is 1. The Balaban J connectivity index is 3.82. The number of thiol groups is 1. The van der Waals surface area contributed by atoms with E-state index in [1.54, 1.807) is 4.90 Å². The Morgan fingerprint density at radius 2 is 2.15 bits per heavy atom. The largest absolute Gasteiger partial charge is 0.342 e. The minimum atomic E-state index is 0.204. The molecule has 76 valence electrons. The predicted molar refractivity (Wildman–Crippen MR) is 60.2 cm³/mol. The molecule has 0 aliphatic rings. The summed E-state index contributed by atoms with van der Waals surface area (Å²) in [6.07, 6.45) is 3.50. The van der Waals surface area contributed by atoms with Gasteiger partial charge >= 0.3 is 0 Å². The van der Waals surface area contributed by atoms with Crippen LogP contribution in [-0.4, -0.2) is 30.2 Å². The van der Waals surface area contributed by atoms with Crippen LogP contribution in [0.3, 0.4) is 0 Å². The van der Waals surface area contributed by atoms with E-state index in [9.17, 15) is 4.79 Å². The standard InChI is InChI=1S/C10H19NOS/c1-4-9(2)8-11(3)10(12)6-5-7-13/h4,13H,5-8H2,1-3H3. The van der Waals surface area contributed by atoms with Crippen LogP contribution >= 0.6 is 12.6 Å². The fourth-order valence-electron chi connectivity index (χ4n) is 0.975. The van der Waals surface area contributed by atoms with Crippen LogP contribution in [0.25, 0.3) is 0 Å². The molecule has 13 heavy (non-hydrogen) atoms. The number of carbonyl (C=O) groups is 1. The molecule has 0 rings (SSSR count). The second kappa shape index (κ2) is 7.01. The van der Waals surface area contributed by atoms with Crippen molar-refractivity contribution in [1.82, 2.24) is 4.90 Å². The lowest BCUT2D eigenvalue weighted by molar-refractivity contribution is -0.129. The maximum atomic E-state index is 11.4. The zero-order valence-corrected chi connectivity index (χ0v) is 9.60. The third-order valence-corrected chi connectivity index (χ3v) is 2.27. The van der Waals surface area contributed by atoms with Gasteiger partial charge in [-0.1, -0.05) is 11.6 Å². The third kappa shape index (κ3) is 5.75. The first kappa shape index (κ1) is 12.6. The molecule has 0 saturated carbocycles. The molecule has 0 aliphatic carbocycles. The number of carbonyl (C=O) groups excluding carboxylic acids is 1. The minimum absolute atomic E-state index is 0.204. The van der Waals surface area contributed by atoms with E-state index in [-0.39, 0.29) is 5.91 Å². The summed E-state index contributed by atoms with van der Waals surface area (Å²) in [5, 5.41) is 0. The van der Waals surface area contributed by atoms with Crippen molar-refractivity contribution in [3.63, 3.8) is 0 Å². The molecule has 2 nitrogen and oxygen atoms in total. The first-order chi connectivity index (χ1) is 6.11. The van der Waals surface area contributed by atoms with Gasteiger partial charge in [-0.05, 0) is 26.0 Å². The van der Waals surface area contributed by atoms with Crippen LogP contribution in [0.2, 0.25) is 0 Å². The van der Waals surface area contributed by atoms with Gasteiger partial charge in [0.05, 0.1) is 0 Å². The van der Waals surface area contributed by atoms with Gasteiger partial charge in [0.1, 0.15) is 0 Å². The fourth-order valence-corrected chi connectivity index (χ4v) is 1.13. The Morgan fingerprint density at radius 3 is 2.62 bits per heavy atom. The number of allylic oxidation sites excluding steroid dienone is 1. The van der Waals surface area contributed by atoms with Gasteiger partial charge < -0.3 is 4.90 Å². The molecule has 0 N–H and O–H groups in total. The Labute approximate surface area is 86.4 Å². The average Bonchev–Trinajstić information content (AvgIpc) is 2.13. The first-order valence-electron chi connectivity index (χ1n) is 4.58. The molecular weight excluding hydrogens is 182 g/mol. The van der Waals surface area contributed by atoms with Crippen molar-refractivity contribution in [2.75, 3.05) is 19.3 Å². The highest BCUT2D eigenvalue weighted by atomic mass is 32.1. The van der Waals surface area contributed by atoms with Crippen molar-refractivity contribution in [2.24, 2.45) is 0 Å². The Bertz CT molecular complexity index is 189. The number of rotatable bonds is 5. The number of likely N-dealkylation sites (N-methyl/N-ethyl adjacent to an activating group) is 1. The highest BCUT2D eigenvalue weighted by Gasteiger charge is 2.07. The molecule has 0 aromatic rings. The summed E-state index contributed by atoms with van der Waals surface area (Å²) in [7, 11) is 1.84. The summed E-state index contributed by atoms with van der Waals surface area (Å²) >= 11 is 4.07. The molecule has 0 spiro atoms. The van der Waals surface area contributed by atoms with E-state index < -0.39 is 0 Å². The van der Waals surface area contributed by atoms with Crippen LogP contribution < -0.4 is 0 Å². The van der Waals surface area contributed by atoms with Gasteiger partial charge in [-0.25, -0.2) is 0 Å². The van der Waals surface area contributed by atoms with Crippen LogP contribution in [0.15, 0.2) is 11.6 Å². The van der Waals surface area contributed by atoms with Crippen LogP contribution in [0, 0.1) is 0 Å². The van der Waals surface area contributed by atoms with Crippen LogP contribution in [0.1, 0.15) is 26.7 Å². The Hall–Kier alpha value is -0.440.